The van der Waals surface area contributed by atoms with Crippen LogP contribution >= 0.6 is 11.8 Å². The van der Waals surface area contributed by atoms with Crippen molar-refractivity contribution in [1.82, 2.24) is 10.2 Å². The number of nitrogens with two attached hydrogens (primary N) is 2. The summed E-state index contributed by atoms with van der Waals surface area (Å²) in [5.41, 5.74) is 12.1. The number of fused-ring (bicyclic) bond motifs is 1. The van der Waals surface area contributed by atoms with Crippen LogP contribution in [0.2, 0.25) is 0 Å². The molecular weight excluding hydrogens is 572 g/mol. The molecule has 1 aromatic carbocycles. The minimum Gasteiger partial charge on any atom is -0.480 e. The highest BCUT2D eigenvalue weighted by Crippen LogP contribution is 2.40. The Labute approximate surface area is 242 Å². The van der Waals surface area contributed by atoms with Crippen LogP contribution in [0.15, 0.2) is 60.1 Å². The zero-order valence-corrected chi connectivity index (χ0v) is 22.7. The van der Waals surface area contributed by atoms with E-state index in [0.717, 1.165) is 0 Å². The zero-order valence-electron chi connectivity index (χ0n) is 21.9. The third kappa shape index (κ3) is 6.84. The lowest BCUT2D eigenvalue weighted by Crippen LogP contribution is -2.70. The monoisotopic (exact) mass is 599 g/mol. The summed E-state index contributed by atoms with van der Waals surface area (Å²) in [5.74, 6) is -3.83. The second kappa shape index (κ2) is 12.7. The molecule has 0 unspecified atom stereocenters. The average Bonchev–Trinajstić information content (AvgIpc) is 2.95. The first-order chi connectivity index (χ1) is 19.9. The minimum absolute atomic E-state index is 0.0792. The molecule has 0 bridgehead atoms. The van der Waals surface area contributed by atoms with Gasteiger partial charge in [0.2, 0.25) is 11.8 Å². The molecule has 42 heavy (non-hydrogen) atoms. The van der Waals surface area contributed by atoms with Crippen LogP contribution in [0.5, 0.6) is 0 Å². The molecule has 2 aromatic rings. The molecule has 0 saturated carbocycles. The number of ether oxygens (including phenoxy) is 1. The number of nitrogens with one attached hydrogen (secondary N) is 2. The SMILES string of the molecule is NC(=O)c1cc[n+](CC2=C(C(=O)O)N3C(=O)[C@@H](NC(=O)Cc4ccc(NC(=O)OC[C@@H](N)C(=O)O)cc4)[C@H]3SC2)cc1. The van der Waals surface area contributed by atoms with E-state index in [1.807, 2.05) is 0 Å². The van der Waals surface area contributed by atoms with E-state index in [4.69, 9.17) is 21.3 Å². The van der Waals surface area contributed by atoms with Gasteiger partial charge in [0.05, 0.1) is 12.0 Å². The van der Waals surface area contributed by atoms with Gasteiger partial charge in [-0.3, -0.25) is 29.4 Å². The lowest BCUT2D eigenvalue weighted by molar-refractivity contribution is -0.689. The minimum atomic E-state index is -1.35. The first-order valence-electron chi connectivity index (χ1n) is 12.4. The number of pyridine rings is 1. The van der Waals surface area contributed by atoms with E-state index in [1.165, 1.54) is 40.9 Å². The molecule has 0 radical (unpaired) electrons. The van der Waals surface area contributed by atoms with Gasteiger partial charge in [0, 0.05) is 29.1 Å². The number of anilines is 1. The van der Waals surface area contributed by atoms with Crippen LogP contribution in [0.25, 0.3) is 0 Å². The predicted octanol–water partition coefficient (Wildman–Crippen LogP) is -0.985. The fourth-order valence-corrected chi connectivity index (χ4v) is 5.59. The first-order valence-corrected chi connectivity index (χ1v) is 13.5. The van der Waals surface area contributed by atoms with Crippen LogP contribution in [-0.4, -0.2) is 80.7 Å². The molecule has 2 aliphatic rings. The Kier molecular flexibility index (Phi) is 9.07. The van der Waals surface area contributed by atoms with Gasteiger partial charge in [0.15, 0.2) is 18.9 Å². The number of carbonyl (C=O) groups excluding carboxylic acids is 4. The second-order valence-electron chi connectivity index (χ2n) is 9.38. The number of aliphatic carboxylic acids is 2. The van der Waals surface area contributed by atoms with E-state index < -0.39 is 59.8 Å². The number of benzene rings is 1. The summed E-state index contributed by atoms with van der Waals surface area (Å²) in [7, 11) is 0. The Bertz CT molecular complexity index is 1460. The Balaban J connectivity index is 1.32. The lowest BCUT2D eigenvalue weighted by Gasteiger charge is -2.49. The molecule has 0 aliphatic carbocycles. The van der Waals surface area contributed by atoms with Crippen LogP contribution in [0.1, 0.15) is 15.9 Å². The van der Waals surface area contributed by atoms with Crippen molar-refractivity contribution in [2.45, 2.75) is 30.4 Å². The highest BCUT2D eigenvalue weighted by Gasteiger charge is 2.54. The van der Waals surface area contributed by atoms with Crippen molar-refractivity contribution in [2.75, 3.05) is 17.7 Å². The molecule has 0 spiro atoms. The number of amides is 4. The Hall–Kier alpha value is -4.96. The highest BCUT2D eigenvalue weighted by molar-refractivity contribution is 8.00. The van der Waals surface area contributed by atoms with Crippen molar-refractivity contribution in [1.29, 1.82) is 0 Å². The van der Waals surface area contributed by atoms with Crippen LogP contribution in [0.4, 0.5) is 10.5 Å². The fraction of sp³-hybridized carbons (Fsp3) is 0.269. The quantitative estimate of drug-likeness (QED) is 0.136. The first kappa shape index (κ1) is 30.0. The third-order valence-electron chi connectivity index (χ3n) is 6.39. The van der Waals surface area contributed by atoms with Gasteiger partial charge < -0.3 is 31.7 Å². The van der Waals surface area contributed by atoms with Crippen molar-refractivity contribution >= 4 is 53.2 Å². The predicted molar refractivity (Wildman–Crippen MR) is 146 cm³/mol. The molecule has 1 aromatic heterocycles. The van der Waals surface area contributed by atoms with E-state index in [0.29, 0.717) is 28.1 Å². The van der Waals surface area contributed by atoms with E-state index in [1.54, 1.807) is 29.1 Å². The fourth-order valence-electron chi connectivity index (χ4n) is 4.26. The van der Waals surface area contributed by atoms with Crippen molar-refractivity contribution in [3.05, 3.63) is 71.2 Å². The molecule has 4 rings (SSSR count). The molecule has 4 amide bonds. The average molecular weight is 600 g/mol. The topological polar surface area (TPSA) is 235 Å². The molecule has 16 heteroatoms. The van der Waals surface area contributed by atoms with Crippen LogP contribution in [0, 0.1) is 0 Å². The van der Waals surface area contributed by atoms with Crippen molar-refractivity contribution in [2.24, 2.45) is 11.5 Å². The van der Waals surface area contributed by atoms with Gasteiger partial charge in [-0.15, -0.1) is 11.8 Å². The summed E-state index contributed by atoms with van der Waals surface area (Å²) in [5, 5.41) is 23.1. The molecule has 1 saturated heterocycles. The zero-order chi connectivity index (χ0) is 30.6. The Morgan fingerprint density at radius 1 is 1.10 bits per heavy atom. The van der Waals surface area contributed by atoms with Gasteiger partial charge in [-0.05, 0) is 17.7 Å². The third-order valence-corrected chi connectivity index (χ3v) is 7.73. The molecule has 1 fully saturated rings. The number of aromatic nitrogens is 1. The molecule has 3 heterocycles. The normalized spacial score (nSPS) is 18.3. The van der Waals surface area contributed by atoms with Gasteiger partial charge in [-0.25, -0.2) is 14.2 Å². The molecule has 8 N–H and O–H groups in total. The number of carboxylic acids is 2. The van der Waals surface area contributed by atoms with E-state index in [9.17, 15) is 33.9 Å². The van der Waals surface area contributed by atoms with Gasteiger partial charge >= 0.3 is 18.0 Å². The second-order valence-corrected chi connectivity index (χ2v) is 10.5. The standard InChI is InChI=1S/C26H26N6O9S/c27-17(24(36)37)11-41-26(40)29-16-3-1-13(2-4-16)9-18(33)30-19-22(35)32-20(25(38)39)15(12-42-23(19)32)10-31-7-5-14(6-8-31)21(28)34/h1-8,17,19,23H,9-12,27H2,(H5-,28,29,30,33,34,36,37,38,39,40)/p+1/t17-,19-,23-/m1/s1. The number of primary amides is 1. The van der Waals surface area contributed by atoms with Crippen LogP contribution in [0.3, 0.4) is 0 Å². The maximum Gasteiger partial charge on any atom is 0.411 e. The van der Waals surface area contributed by atoms with Gasteiger partial charge in [0.1, 0.15) is 29.8 Å². The molecular formula is C26H27N6O9S+. The Morgan fingerprint density at radius 2 is 1.76 bits per heavy atom. The smallest absolute Gasteiger partial charge is 0.411 e. The van der Waals surface area contributed by atoms with Crippen molar-refractivity contribution < 1.29 is 48.3 Å². The summed E-state index contributed by atoms with van der Waals surface area (Å²) in [6, 6.07) is 6.97. The number of carboxylic acid groups (broad SMARTS) is 2. The van der Waals surface area contributed by atoms with Crippen molar-refractivity contribution in [3.8, 4) is 0 Å². The van der Waals surface area contributed by atoms with Gasteiger partial charge in [-0.1, -0.05) is 12.1 Å². The maximum absolute atomic E-state index is 12.9. The van der Waals surface area contributed by atoms with Crippen LogP contribution in [-0.2, 0) is 36.9 Å². The number of carbonyl (C=O) groups is 6. The number of hydrogen-bond donors (Lipinski definition) is 6. The molecule has 220 valence electrons. The molecule has 2 aliphatic heterocycles. The van der Waals surface area contributed by atoms with Crippen molar-refractivity contribution in [3.63, 3.8) is 0 Å². The van der Waals surface area contributed by atoms with Crippen LogP contribution < -0.4 is 26.7 Å². The number of nitrogens with zero attached hydrogens (tertiary/aromatic N) is 2. The lowest BCUT2D eigenvalue weighted by atomic mass is 10.0. The molecule has 15 nitrogen and oxygen atoms in total. The summed E-state index contributed by atoms with van der Waals surface area (Å²) < 4.78 is 6.41. The largest absolute Gasteiger partial charge is 0.480 e. The summed E-state index contributed by atoms with van der Waals surface area (Å²) in [6.07, 6.45) is 2.21. The maximum atomic E-state index is 12.9. The Morgan fingerprint density at radius 3 is 2.36 bits per heavy atom. The van der Waals surface area contributed by atoms with Gasteiger partial charge in [-0.2, -0.15) is 0 Å². The van der Waals surface area contributed by atoms with E-state index in [2.05, 4.69) is 10.6 Å². The highest BCUT2D eigenvalue weighted by atomic mass is 32.2. The van der Waals surface area contributed by atoms with E-state index in [-0.39, 0.29) is 18.7 Å². The number of hydrogen-bond acceptors (Lipinski definition) is 9. The van der Waals surface area contributed by atoms with Gasteiger partial charge in [0.25, 0.3) is 5.91 Å². The number of β-lactam (4-membered cyclic amide) rings is 1. The van der Waals surface area contributed by atoms with E-state index >= 15 is 0 Å². The summed E-state index contributed by atoms with van der Waals surface area (Å²) >= 11 is 1.33. The molecule has 3 atom stereocenters. The number of thioether (sulfide) groups is 1. The summed E-state index contributed by atoms with van der Waals surface area (Å²) in [6.45, 7) is -0.327. The number of rotatable bonds is 11. The summed E-state index contributed by atoms with van der Waals surface area (Å²) in [4.78, 5) is 72.7.